The number of fused-ring (bicyclic) bond motifs is 1. The second-order valence-corrected chi connectivity index (χ2v) is 9.75. The molecule has 8 heteroatoms. The van der Waals surface area contributed by atoms with Crippen LogP contribution in [0.4, 0.5) is 11.4 Å². The van der Waals surface area contributed by atoms with Gasteiger partial charge in [0.1, 0.15) is 0 Å². The predicted octanol–water partition coefficient (Wildman–Crippen LogP) is 5.06. The minimum Gasteiger partial charge on any atom is -0.454 e. The molecule has 0 unspecified atom stereocenters. The highest BCUT2D eigenvalue weighted by molar-refractivity contribution is 7.92. The molecule has 0 aromatic heterocycles. The Kier molecular flexibility index (Phi) is 6.12. The van der Waals surface area contributed by atoms with Crippen LogP contribution in [0.5, 0.6) is 11.5 Å². The number of nitrogens with zero attached hydrogens (tertiary/aromatic N) is 1. The van der Waals surface area contributed by atoms with Gasteiger partial charge in [-0.15, -0.1) is 0 Å². The molecular formula is C27H22N2O5S. The molecule has 35 heavy (non-hydrogen) atoms. The van der Waals surface area contributed by atoms with Crippen LogP contribution in [0.15, 0.2) is 108 Å². The van der Waals surface area contributed by atoms with E-state index in [9.17, 15) is 13.2 Å². The molecule has 1 aliphatic heterocycles. The normalized spacial score (nSPS) is 12.2. The van der Waals surface area contributed by atoms with Crippen molar-refractivity contribution in [2.24, 2.45) is 0 Å². The summed E-state index contributed by atoms with van der Waals surface area (Å²) in [6.07, 6.45) is 0. The lowest BCUT2D eigenvalue weighted by Crippen LogP contribution is -2.30. The van der Waals surface area contributed by atoms with Gasteiger partial charge >= 0.3 is 0 Å². The van der Waals surface area contributed by atoms with E-state index in [-0.39, 0.29) is 23.8 Å². The third-order valence-electron chi connectivity index (χ3n) is 5.53. The number of carbonyl (C=O) groups is 1. The van der Waals surface area contributed by atoms with Crippen LogP contribution in [-0.2, 0) is 16.6 Å². The van der Waals surface area contributed by atoms with Gasteiger partial charge in [0.25, 0.3) is 15.9 Å². The SMILES string of the molecule is O=C(Nc1ccc2c(c1)OCO2)c1cccc(S(=O)(=O)N(Cc2ccccc2)c2ccccc2)c1. The third-order valence-corrected chi connectivity index (χ3v) is 7.30. The Morgan fingerprint density at radius 3 is 2.29 bits per heavy atom. The number of ether oxygens (including phenoxy) is 2. The largest absolute Gasteiger partial charge is 0.454 e. The molecule has 4 aromatic rings. The number of amides is 1. The van der Waals surface area contributed by atoms with Gasteiger partial charge < -0.3 is 14.8 Å². The standard InChI is InChI=1S/C27H22N2O5S/c30-27(28-22-14-15-25-26(17-22)34-19-33-25)21-10-7-13-24(16-21)35(31,32)29(23-11-5-2-6-12-23)18-20-8-3-1-4-9-20/h1-17H,18-19H2,(H,28,30). The molecule has 1 N–H and O–H groups in total. The Bertz CT molecular complexity index is 1460. The van der Waals surface area contributed by atoms with Gasteiger partial charge in [0, 0.05) is 17.3 Å². The predicted molar refractivity (Wildman–Crippen MR) is 133 cm³/mol. The number of benzene rings is 4. The molecule has 5 rings (SSSR count). The fraction of sp³-hybridized carbons (Fsp3) is 0.0741. The minimum atomic E-state index is -3.97. The summed E-state index contributed by atoms with van der Waals surface area (Å²) in [6.45, 7) is 0.286. The molecule has 1 heterocycles. The maximum absolute atomic E-state index is 13.8. The average molecular weight is 487 g/mol. The number of carbonyl (C=O) groups excluding carboxylic acids is 1. The van der Waals surface area contributed by atoms with Crippen LogP contribution in [0.25, 0.3) is 0 Å². The summed E-state index contributed by atoms with van der Waals surface area (Å²) >= 11 is 0. The van der Waals surface area contributed by atoms with Crippen molar-refractivity contribution >= 4 is 27.3 Å². The van der Waals surface area contributed by atoms with Crippen LogP contribution >= 0.6 is 0 Å². The molecule has 0 spiro atoms. The minimum absolute atomic E-state index is 0.0237. The number of para-hydroxylation sites is 1. The number of nitrogens with one attached hydrogen (secondary N) is 1. The van der Waals surface area contributed by atoms with E-state index in [4.69, 9.17) is 9.47 Å². The monoisotopic (exact) mass is 486 g/mol. The van der Waals surface area contributed by atoms with Crippen LogP contribution in [-0.4, -0.2) is 21.1 Å². The van der Waals surface area contributed by atoms with Crippen LogP contribution in [0, 0.1) is 0 Å². The first-order valence-electron chi connectivity index (χ1n) is 10.9. The molecule has 4 aromatic carbocycles. The van der Waals surface area contributed by atoms with Crippen molar-refractivity contribution < 1.29 is 22.7 Å². The van der Waals surface area contributed by atoms with Gasteiger partial charge in [-0.05, 0) is 48.0 Å². The summed E-state index contributed by atoms with van der Waals surface area (Å²) in [5.41, 5.74) is 2.11. The first-order chi connectivity index (χ1) is 17.0. The number of anilines is 2. The highest BCUT2D eigenvalue weighted by Gasteiger charge is 2.26. The molecule has 1 amide bonds. The van der Waals surface area contributed by atoms with Crippen molar-refractivity contribution in [2.75, 3.05) is 16.4 Å². The van der Waals surface area contributed by atoms with Crippen molar-refractivity contribution in [3.05, 3.63) is 114 Å². The molecule has 0 atom stereocenters. The topological polar surface area (TPSA) is 84.9 Å². The lowest BCUT2D eigenvalue weighted by molar-refractivity contribution is 0.102. The van der Waals surface area contributed by atoms with Gasteiger partial charge in [-0.25, -0.2) is 8.42 Å². The van der Waals surface area contributed by atoms with Crippen molar-refractivity contribution in [3.63, 3.8) is 0 Å². The summed E-state index contributed by atoms with van der Waals surface area (Å²) in [5.74, 6) is 0.712. The second kappa shape index (κ2) is 9.52. The van der Waals surface area contributed by atoms with E-state index in [1.165, 1.54) is 16.4 Å². The summed E-state index contributed by atoms with van der Waals surface area (Å²) in [5, 5.41) is 2.78. The lowest BCUT2D eigenvalue weighted by Gasteiger charge is -2.25. The summed E-state index contributed by atoms with van der Waals surface area (Å²) in [7, 11) is -3.97. The van der Waals surface area contributed by atoms with Gasteiger partial charge in [0.2, 0.25) is 6.79 Å². The van der Waals surface area contributed by atoms with E-state index in [1.807, 2.05) is 36.4 Å². The van der Waals surface area contributed by atoms with Gasteiger partial charge in [-0.1, -0.05) is 54.6 Å². The summed E-state index contributed by atoms with van der Waals surface area (Å²) in [6, 6.07) is 29.4. The second-order valence-electron chi connectivity index (χ2n) is 7.88. The van der Waals surface area contributed by atoms with Crippen molar-refractivity contribution in [1.82, 2.24) is 0 Å². The Labute approximate surface area is 203 Å². The molecule has 0 fully saturated rings. The molecule has 7 nitrogen and oxygen atoms in total. The van der Waals surface area contributed by atoms with Gasteiger partial charge in [-0.2, -0.15) is 0 Å². The molecule has 0 aliphatic carbocycles. The maximum Gasteiger partial charge on any atom is 0.264 e. The molecule has 0 saturated heterocycles. The first kappa shape index (κ1) is 22.5. The molecule has 0 saturated carbocycles. The molecular weight excluding hydrogens is 464 g/mol. The smallest absolute Gasteiger partial charge is 0.264 e. The number of sulfonamides is 1. The highest BCUT2D eigenvalue weighted by Crippen LogP contribution is 2.34. The first-order valence-corrected chi connectivity index (χ1v) is 12.4. The quantitative estimate of drug-likeness (QED) is 0.395. The molecule has 0 radical (unpaired) electrons. The molecule has 176 valence electrons. The fourth-order valence-electron chi connectivity index (χ4n) is 3.76. The Balaban J connectivity index is 1.44. The average Bonchev–Trinajstić information content (AvgIpc) is 3.36. The Hall–Kier alpha value is -4.30. The zero-order valence-electron chi connectivity index (χ0n) is 18.6. The summed E-state index contributed by atoms with van der Waals surface area (Å²) in [4.78, 5) is 13.0. The Morgan fingerprint density at radius 2 is 1.51 bits per heavy atom. The van der Waals surface area contributed by atoms with Gasteiger partial charge in [0.15, 0.2) is 11.5 Å². The van der Waals surface area contributed by atoms with E-state index < -0.39 is 15.9 Å². The number of hydrogen-bond donors (Lipinski definition) is 1. The van der Waals surface area contributed by atoms with E-state index in [2.05, 4.69) is 5.32 Å². The van der Waals surface area contributed by atoms with Crippen molar-refractivity contribution in [1.29, 1.82) is 0 Å². The van der Waals surface area contributed by atoms with Gasteiger partial charge in [-0.3, -0.25) is 9.10 Å². The van der Waals surface area contributed by atoms with E-state index >= 15 is 0 Å². The zero-order valence-corrected chi connectivity index (χ0v) is 19.4. The Morgan fingerprint density at radius 1 is 0.800 bits per heavy atom. The number of hydrogen-bond acceptors (Lipinski definition) is 5. The van der Waals surface area contributed by atoms with Crippen LogP contribution in [0.1, 0.15) is 15.9 Å². The summed E-state index contributed by atoms with van der Waals surface area (Å²) < 4.78 is 39.5. The maximum atomic E-state index is 13.8. The van der Waals surface area contributed by atoms with E-state index in [1.54, 1.807) is 54.6 Å². The van der Waals surface area contributed by atoms with E-state index in [0.29, 0.717) is 22.9 Å². The van der Waals surface area contributed by atoms with Crippen LogP contribution < -0.4 is 19.1 Å². The van der Waals surface area contributed by atoms with Crippen LogP contribution in [0.2, 0.25) is 0 Å². The highest BCUT2D eigenvalue weighted by atomic mass is 32.2. The lowest BCUT2D eigenvalue weighted by atomic mass is 10.2. The van der Waals surface area contributed by atoms with Crippen molar-refractivity contribution in [3.8, 4) is 11.5 Å². The third kappa shape index (κ3) is 4.83. The number of rotatable bonds is 7. The van der Waals surface area contributed by atoms with Gasteiger partial charge in [0.05, 0.1) is 17.1 Å². The van der Waals surface area contributed by atoms with Crippen LogP contribution in [0.3, 0.4) is 0 Å². The molecule has 1 aliphatic rings. The van der Waals surface area contributed by atoms with Crippen molar-refractivity contribution in [2.45, 2.75) is 11.4 Å². The fourth-order valence-corrected chi connectivity index (χ4v) is 5.26. The molecule has 0 bridgehead atoms. The van der Waals surface area contributed by atoms with E-state index in [0.717, 1.165) is 5.56 Å². The zero-order chi connectivity index (χ0) is 24.3.